The van der Waals surface area contributed by atoms with Crippen molar-refractivity contribution in [3.05, 3.63) is 0 Å². The minimum absolute atomic E-state index is 0.684. The Kier molecular flexibility index (Phi) is 2.71. The summed E-state index contributed by atoms with van der Waals surface area (Å²) < 4.78 is 4.18. The van der Waals surface area contributed by atoms with Crippen LogP contribution in [-0.4, -0.2) is 12.3 Å². The third-order valence-corrected chi connectivity index (χ3v) is 0.378. The number of ether oxygens (including phenoxy) is 1. The number of carbonyl (C=O) groups is 1. The van der Waals surface area contributed by atoms with Crippen molar-refractivity contribution in [2.24, 2.45) is 10.8 Å². The van der Waals surface area contributed by atoms with Gasteiger partial charge in [-0.2, -0.15) is 5.53 Å². The molecule has 0 aliphatic carbocycles. The molecule has 1 atom stereocenters. The minimum atomic E-state index is -0.958. The lowest BCUT2D eigenvalue weighted by atomic mass is 10.7. The molecule has 0 heterocycles. The molecule has 1 unspecified atom stereocenters. The van der Waals surface area contributed by atoms with Crippen LogP contribution in [0, 0.1) is 5.53 Å². The third-order valence-electron chi connectivity index (χ3n) is 0.378. The summed E-state index contributed by atoms with van der Waals surface area (Å²) in [5.74, 6) is 0. The van der Waals surface area contributed by atoms with Crippen molar-refractivity contribution in [2.45, 2.75) is 13.2 Å². The number of rotatable bonds is 1. The van der Waals surface area contributed by atoms with Gasteiger partial charge in [-0.1, -0.05) is 5.11 Å². The van der Waals surface area contributed by atoms with Gasteiger partial charge >= 0.3 is 6.09 Å². The predicted molar refractivity (Wildman–Crippen MR) is 25.3 cm³/mol. The van der Waals surface area contributed by atoms with E-state index in [1.165, 1.54) is 6.92 Å². The second kappa shape index (κ2) is 3.09. The van der Waals surface area contributed by atoms with Gasteiger partial charge in [0, 0.05) is 0 Å². The first-order chi connectivity index (χ1) is 3.66. The number of hydrogen-bond donors (Lipinski definition) is 2. The molecule has 8 heavy (non-hydrogen) atoms. The summed E-state index contributed by atoms with van der Waals surface area (Å²) in [6.45, 7) is 1.48. The molecule has 5 heteroatoms. The van der Waals surface area contributed by atoms with Crippen LogP contribution >= 0.6 is 0 Å². The fourth-order valence-corrected chi connectivity index (χ4v) is 0.185. The van der Waals surface area contributed by atoms with Crippen LogP contribution in [0.25, 0.3) is 0 Å². The van der Waals surface area contributed by atoms with Crippen molar-refractivity contribution in [1.82, 2.24) is 0 Å². The Hall–Kier alpha value is -0.970. The molecule has 0 aromatic heterocycles. The summed E-state index contributed by atoms with van der Waals surface area (Å²) in [5, 5.41) is 2.44. The highest BCUT2D eigenvalue weighted by Gasteiger charge is 1.99. The van der Waals surface area contributed by atoms with E-state index in [1.807, 2.05) is 0 Å². The molecule has 0 fully saturated rings. The molecule has 5 nitrogen and oxygen atoms in total. The topological polar surface area (TPSA) is 88.5 Å². The van der Waals surface area contributed by atoms with Gasteiger partial charge in [-0.15, -0.1) is 0 Å². The predicted octanol–water partition coefficient (Wildman–Crippen LogP) is 0.459. The molecule has 0 aromatic rings. The number of amides is 1. The molecule has 0 saturated carbocycles. The molecule has 0 aliphatic heterocycles. The average Bonchev–Trinajstić information content (AvgIpc) is 1.65. The van der Waals surface area contributed by atoms with Crippen LogP contribution in [0.1, 0.15) is 6.92 Å². The quantitative estimate of drug-likeness (QED) is 0.386. The van der Waals surface area contributed by atoms with Crippen LogP contribution in [0.15, 0.2) is 5.11 Å². The van der Waals surface area contributed by atoms with Crippen molar-refractivity contribution >= 4 is 6.09 Å². The van der Waals surface area contributed by atoms with Gasteiger partial charge < -0.3 is 4.74 Å². The van der Waals surface area contributed by atoms with E-state index in [-0.39, 0.29) is 0 Å². The van der Waals surface area contributed by atoms with E-state index in [2.05, 4.69) is 9.85 Å². The van der Waals surface area contributed by atoms with Crippen LogP contribution in [0.3, 0.4) is 0 Å². The second-order valence-electron chi connectivity index (χ2n) is 1.20. The van der Waals surface area contributed by atoms with Gasteiger partial charge in [-0.05, 0) is 6.92 Å². The third kappa shape index (κ3) is 3.23. The number of nitrogens with one attached hydrogen (secondary N) is 1. The monoisotopic (exact) mass is 117 g/mol. The highest BCUT2D eigenvalue weighted by Crippen LogP contribution is 1.84. The van der Waals surface area contributed by atoms with Gasteiger partial charge in [0.15, 0.2) is 0 Å². The van der Waals surface area contributed by atoms with Gasteiger partial charge in [0.25, 0.3) is 0 Å². The standard InChI is InChI=1S/C3H7N3O2/c1-2(4)8-3(7)6-5/h2,5H,4H2,1H3. The summed E-state index contributed by atoms with van der Waals surface area (Å²) in [7, 11) is 0. The van der Waals surface area contributed by atoms with Crippen LogP contribution in [0.4, 0.5) is 4.79 Å². The highest BCUT2D eigenvalue weighted by atomic mass is 16.6. The van der Waals surface area contributed by atoms with Gasteiger partial charge in [0.2, 0.25) is 0 Å². The first-order valence-electron chi connectivity index (χ1n) is 2.00. The number of nitrogens with zero attached hydrogens (tertiary/aromatic N) is 1. The fourth-order valence-electron chi connectivity index (χ4n) is 0.185. The molecule has 0 radical (unpaired) electrons. The second-order valence-corrected chi connectivity index (χ2v) is 1.20. The lowest BCUT2D eigenvalue weighted by Gasteiger charge is -2.00. The maximum absolute atomic E-state index is 9.97. The SMILES string of the molecule is CC(N)OC(=O)N=N. The van der Waals surface area contributed by atoms with E-state index in [9.17, 15) is 4.79 Å². The van der Waals surface area contributed by atoms with Crippen LogP contribution < -0.4 is 5.73 Å². The van der Waals surface area contributed by atoms with E-state index < -0.39 is 12.3 Å². The molecular weight excluding hydrogens is 110 g/mol. The van der Waals surface area contributed by atoms with Crippen molar-refractivity contribution in [3.63, 3.8) is 0 Å². The Morgan fingerprint density at radius 1 is 2.00 bits per heavy atom. The molecule has 0 saturated heterocycles. The van der Waals surface area contributed by atoms with Crippen molar-refractivity contribution in [1.29, 1.82) is 5.53 Å². The summed E-state index contributed by atoms with van der Waals surface area (Å²) in [5.41, 5.74) is 11.1. The van der Waals surface area contributed by atoms with E-state index >= 15 is 0 Å². The van der Waals surface area contributed by atoms with Crippen LogP contribution in [-0.2, 0) is 4.74 Å². The zero-order valence-corrected chi connectivity index (χ0v) is 4.42. The molecular formula is C3H7N3O2. The molecule has 0 spiro atoms. The van der Waals surface area contributed by atoms with Crippen molar-refractivity contribution in [3.8, 4) is 0 Å². The van der Waals surface area contributed by atoms with Crippen LogP contribution in [0.2, 0.25) is 0 Å². The molecule has 0 bridgehead atoms. The number of nitrogens with two attached hydrogens (primary N) is 1. The van der Waals surface area contributed by atoms with Crippen LogP contribution in [0.5, 0.6) is 0 Å². The maximum Gasteiger partial charge on any atom is 0.453 e. The molecule has 1 amide bonds. The molecule has 3 N–H and O–H groups in total. The van der Waals surface area contributed by atoms with Gasteiger partial charge in [0.1, 0.15) is 6.23 Å². The van der Waals surface area contributed by atoms with E-state index in [1.54, 1.807) is 0 Å². The molecule has 0 aliphatic rings. The van der Waals surface area contributed by atoms with Gasteiger partial charge in [0.05, 0.1) is 0 Å². The number of carbonyl (C=O) groups excluding carboxylic acids is 1. The number of hydrogen-bond acceptors (Lipinski definition) is 4. The van der Waals surface area contributed by atoms with Gasteiger partial charge in [-0.25, -0.2) is 4.79 Å². The van der Waals surface area contributed by atoms with E-state index in [0.717, 1.165) is 0 Å². The Bertz CT molecular complexity index is 101. The Morgan fingerprint density at radius 3 is 2.62 bits per heavy atom. The molecule has 46 valence electrons. The summed E-state index contributed by atoms with van der Waals surface area (Å²) in [6.07, 6.45) is -1.64. The molecule has 0 aromatic carbocycles. The zero-order valence-electron chi connectivity index (χ0n) is 4.42. The van der Waals surface area contributed by atoms with Gasteiger partial charge in [-0.3, -0.25) is 5.73 Å². The smallest absolute Gasteiger partial charge is 0.428 e. The Labute approximate surface area is 46.3 Å². The zero-order chi connectivity index (χ0) is 6.57. The van der Waals surface area contributed by atoms with E-state index in [4.69, 9.17) is 11.3 Å². The van der Waals surface area contributed by atoms with E-state index in [0.29, 0.717) is 0 Å². The lowest BCUT2D eigenvalue weighted by molar-refractivity contribution is 0.118. The average molecular weight is 117 g/mol. The normalized spacial score (nSPS) is 12.2. The summed E-state index contributed by atoms with van der Waals surface area (Å²) in [4.78, 5) is 9.97. The first-order valence-corrected chi connectivity index (χ1v) is 2.00. The highest BCUT2D eigenvalue weighted by molar-refractivity contribution is 5.67. The summed E-state index contributed by atoms with van der Waals surface area (Å²) in [6, 6.07) is 0. The lowest BCUT2D eigenvalue weighted by Crippen LogP contribution is -2.21. The first kappa shape index (κ1) is 7.03. The largest absolute Gasteiger partial charge is 0.453 e. The fraction of sp³-hybridized carbons (Fsp3) is 0.667. The Morgan fingerprint density at radius 2 is 2.50 bits per heavy atom. The minimum Gasteiger partial charge on any atom is -0.428 e. The molecule has 0 rings (SSSR count). The maximum atomic E-state index is 9.97. The van der Waals surface area contributed by atoms with Crippen molar-refractivity contribution in [2.75, 3.05) is 0 Å². The Balaban J connectivity index is 3.39. The van der Waals surface area contributed by atoms with Crippen molar-refractivity contribution < 1.29 is 9.53 Å². The summed E-state index contributed by atoms with van der Waals surface area (Å²) >= 11 is 0.